The number of nitrogens with one attached hydrogen (secondary N) is 1. The van der Waals surface area contributed by atoms with Gasteiger partial charge in [0.25, 0.3) is 5.91 Å². The van der Waals surface area contributed by atoms with Gasteiger partial charge in [0.1, 0.15) is 28.9 Å². The maximum absolute atomic E-state index is 13.0. The number of benzene rings is 1. The fourth-order valence-electron chi connectivity index (χ4n) is 2.28. The zero-order valence-corrected chi connectivity index (χ0v) is 15.6. The van der Waals surface area contributed by atoms with Crippen LogP contribution in [-0.4, -0.2) is 37.5 Å². The second-order valence-corrected chi connectivity index (χ2v) is 6.28. The van der Waals surface area contributed by atoms with Crippen LogP contribution in [-0.2, 0) is 17.9 Å². The Morgan fingerprint density at radius 1 is 1.43 bits per heavy atom. The van der Waals surface area contributed by atoms with Crippen molar-refractivity contribution in [2.24, 2.45) is 0 Å². The Balaban J connectivity index is 1.49. The molecule has 146 valence electrons. The molecule has 0 saturated carbocycles. The number of halogens is 2. The van der Waals surface area contributed by atoms with Gasteiger partial charge < -0.3 is 15.8 Å². The van der Waals surface area contributed by atoms with Crippen LogP contribution >= 0.6 is 11.6 Å². The lowest BCUT2D eigenvalue weighted by molar-refractivity contribution is -0.123. The van der Waals surface area contributed by atoms with Crippen LogP contribution in [0.4, 0.5) is 10.2 Å². The third-order valence-corrected chi connectivity index (χ3v) is 3.95. The van der Waals surface area contributed by atoms with Crippen molar-refractivity contribution in [3.05, 3.63) is 58.5 Å². The highest BCUT2D eigenvalue weighted by Crippen LogP contribution is 2.24. The molecule has 1 aromatic carbocycles. The summed E-state index contributed by atoms with van der Waals surface area (Å²) in [4.78, 5) is 20.1. The molecule has 3 aromatic rings. The molecule has 2 aromatic heterocycles. The maximum atomic E-state index is 13.0. The molecule has 0 aliphatic heterocycles. The smallest absolute Gasteiger partial charge is 0.258 e. The van der Waals surface area contributed by atoms with Crippen LogP contribution in [0.15, 0.2) is 30.6 Å². The number of hydrogen-bond acceptors (Lipinski definition) is 7. The number of nitrogens with zero attached hydrogens (tertiary/aromatic N) is 5. The van der Waals surface area contributed by atoms with E-state index in [4.69, 9.17) is 22.1 Å². The lowest BCUT2D eigenvalue weighted by atomic mass is 10.3. The monoisotopic (exact) mass is 405 g/mol. The van der Waals surface area contributed by atoms with E-state index in [-0.39, 0.29) is 29.8 Å². The second-order valence-electron chi connectivity index (χ2n) is 5.88. The van der Waals surface area contributed by atoms with Crippen molar-refractivity contribution in [1.82, 2.24) is 30.3 Å². The van der Waals surface area contributed by atoms with Gasteiger partial charge in [-0.1, -0.05) is 16.8 Å². The number of carbonyl (C=O) groups excluding carboxylic acids is 1. The second kappa shape index (κ2) is 8.61. The normalized spacial score (nSPS) is 10.7. The molecule has 0 saturated heterocycles. The molecule has 0 unspecified atom stereocenters. The van der Waals surface area contributed by atoms with Gasteiger partial charge in [-0.2, -0.15) is 0 Å². The van der Waals surface area contributed by atoms with Gasteiger partial charge in [-0.15, -0.1) is 5.10 Å². The quantitative estimate of drug-likeness (QED) is 0.610. The Morgan fingerprint density at radius 3 is 3.00 bits per heavy atom. The molecule has 28 heavy (non-hydrogen) atoms. The lowest BCUT2D eigenvalue weighted by Gasteiger charge is -2.08. The minimum absolute atomic E-state index is 0.0927. The number of aromatic nitrogens is 5. The molecule has 1 amide bonds. The first-order valence-corrected chi connectivity index (χ1v) is 8.60. The summed E-state index contributed by atoms with van der Waals surface area (Å²) in [7, 11) is 0. The van der Waals surface area contributed by atoms with Crippen molar-refractivity contribution in [2.75, 3.05) is 12.3 Å². The Labute approximate surface area is 164 Å². The number of nitrogens with two attached hydrogens (primary N) is 1. The van der Waals surface area contributed by atoms with Crippen LogP contribution in [0.5, 0.6) is 5.75 Å². The number of nitrogen functional groups attached to an aromatic ring is 1. The van der Waals surface area contributed by atoms with E-state index in [0.29, 0.717) is 23.9 Å². The third-order valence-electron chi connectivity index (χ3n) is 3.66. The highest BCUT2D eigenvalue weighted by atomic mass is 35.5. The number of rotatable bonds is 7. The van der Waals surface area contributed by atoms with Crippen LogP contribution < -0.4 is 15.8 Å². The highest BCUT2D eigenvalue weighted by molar-refractivity contribution is 6.32. The Morgan fingerprint density at radius 2 is 2.25 bits per heavy atom. The topological polar surface area (TPSA) is 121 Å². The summed E-state index contributed by atoms with van der Waals surface area (Å²) in [5, 5.41) is 10.7. The van der Waals surface area contributed by atoms with Crippen LogP contribution in [0.25, 0.3) is 0 Å². The summed E-state index contributed by atoms with van der Waals surface area (Å²) < 4.78 is 19.8. The Bertz CT molecular complexity index is 995. The van der Waals surface area contributed by atoms with Gasteiger partial charge in [-0.25, -0.2) is 19.0 Å². The molecule has 2 heterocycles. The van der Waals surface area contributed by atoms with Gasteiger partial charge in [-0.3, -0.25) is 4.79 Å². The lowest BCUT2D eigenvalue weighted by Crippen LogP contribution is -2.28. The summed E-state index contributed by atoms with van der Waals surface area (Å²) in [6.45, 7) is 2.01. The largest absolute Gasteiger partial charge is 0.482 e. The van der Waals surface area contributed by atoms with E-state index >= 15 is 0 Å². The summed E-state index contributed by atoms with van der Waals surface area (Å²) >= 11 is 5.84. The molecule has 0 spiro atoms. The summed E-state index contributed by atoms with van der Waals surface area (Å²) in [5.74, 6) is 0.332. The first-order chi connectivity index (χ1) is 13.4. The predicted octanol–water partition coefficient (Wildman–Crippen LogP) is 1.49. The first-order valence-electron chi connectivity index (χ1n) is 8.22. The average Bonchev–Trinajstić information content (AvgIpc) is 3.09. The predicted molar refractivity (Wildman–Crippen MR) is 99.1 cm³/mol. The van der Waals surface area contributed by atoms with Crippen molar-refractivity contribution in [1.29, 1.82) is 0 Å². The Hall–Kier alpha value is -3.27. The SMILES string of the molecule is Cc1ncc(Cn2cc(CNC(=O)COc3ccc(F)cc3Cl)nn2)c(N)n1. The van der Waals surface area contributed by atoms with Crippen molar-refractivity contribution in [3.8, 4) is 5.75 Å². The van der Waals surface area contributed by atoms with E-state index < -0.39 is 5.82 Å². The molecule has 9 nitrogen and oxygen atoms in total. The summed E-state index contributed by atoms with van der Waals surface area (Å²) in [6, 6.07) is 3.67. The first kappa shape index (κ1) is 19.5. The van der Waals surface area contributed by atoms with Gasteiger partial charge in [-0.05, 0) is 25.1 Å². The van der Waals surface area contributed by atoms with Crippen LogP contribution in [0.2, 0.25) is 5.02 Å². The van der Waals surface area contributed by atoms with E-state index in [1.165, 1.54) is 12.1 Å². The molecule has 3 N–H and O–H groups in total. The average molecular weight is 406 g/mol. The van der Waals surface area contributed by atoms with Crippen molar-refractivity contribution >= 4 is 23.3 Å². The minimum atomic E-state index is -0.483. The molecule has 11 heteroatoms. The van der Waals surface area contributed by atoms with Crippen molar-refractivity contribution in [2.45, 2.75) is 20.0 Å². The van der Waals surface area contributed by atoms with Crippen molar-refractivity contribution in [3.63, 3.8) is 0 Å². The fourth-order valence-corrected chi connectivity index (χ4v) is 2.50. The minimum Gasteiger partial charge on any atom is -0.482 e. The molecule has 0 radical (unpaired) electrons. The molecule has 3 rings (SSSR count). The zero-order chi connectivity index (χ0) is 20.1. The van der Waals surface area contributed by atoms with Gasteiger partial charge in [0, 0.05) is 11.8 Å². The molecular formula is C17H17ClFN7O2. The van der Waals surface area contributed by atoms with E-state index in [9.17, 15) is 9.18 Å². The highest BCUT2D eigenvalue weighted by Gasteiger charge is 2.09. The maximum Gasteiger partial charge on any atom is 0.258 e. The number of ether oxygens (including phenoxy) is 1. The van der Waals surface area contributed by atoms with E-state index in [1.807, 2.05) is 0 Å². The Kier molecular flexibility index (Phi) is 5.99. The number of anilines is 1. The zero-order valence-electron chi connectivity index (χ0n) is 14.9. The third kappa shape index (κ3) is 5.13. The molecule has 0 aliphatic carbocycles. The van der Waals surface area contributed by atoms with E-state index in [1.54, 1.807) is 24.0 Å². The molecule has 0 fully saturated rings. The van der Waals surface area contributed by atoms with E-state index in [2.05, 4.69) is 25.6 Å². The van der Waals surface area contributed by atoms with E-state index in [0.717, 1.165) is 11.6 Å². The number of amides is 1. The van der Waals surface area contributed by atoms with Gasteiger partial charge in [0.05, 0.1) is 24.3 Å². The van der Waals surface area contributed by atoms with Gasteiger partial charge in [0.15, 0.2) is 6.61 Å². The van der Waals surface area contributed by atoms with Crippen LogP contribution in [0.3, 0.4) is 0 Å². The van der Waals surface area contributed by atoms with Gasteiger partial charge in [0.2, 0.25) is 0 Å². The molecular weight excluding hydrogens is 389 g/mol. The summed E-state index contributed by atoms with van der Waals surface area (Å²) in [6.07, 6.45) is 3.32. The van der Waals surface area contributed by atoms with Crippen molar-refractivity contribution < 1.29 is 13.9 Å². The number of hydrogen-bond donors (Lipinski definition) is 2. The van der Waals surface area contributed by atoms with Crippen LogP contribution in [0, 0.1) is 12.7 Å². The molecule has 0 aliphatic rings. The standard InChI is InChI=1S/C17H17ClFN7O2/c1-10-21-5-11(17(20)23-10)7-26-8-13(24-25-26)6-22-16(27)9-28-15-3-2-12(19)4-14(15)18/h2-5,8H,6-7,9H2,1H3,(H,22,27)(H2,20,21,23). The van der Waals surface area contributed by atoms with Crippen LogP contribution in [0.1, 0.15) is 17.1 Å². The fraction of sp³-hybridized carbons (Fsp3) is 0.235. The molecule has 0 bridgehead atoms. The number of aryl methyl sites for hydroxylation is 1. The van der Waals surface area contributed by atoms with Gasteiger partial charge >= 0.3 is 0 Å². The number of carbonyl (C=O) groups is 1. The molecule has 0 atom stereocenters. The summed E-state index contributed by atoms with van der Waals surface area (Å²) in [5.41, 5.74) is 7.13.